The molecule has 0 saturated heterocycles. The van der Waals surface area contributed by atoms with Gasteiger partial charge in [0.2, 0.25) is 0 Å². The van der Waals surface area contributed by atoms with Crippen LogP contribution in [0.2, 0.25) is 0 Å². The summed E-state index contributed by atoms with van der Waals surface area (Å²) in [5.41, 5.74) is 8.52. The molecule has 4 rings (SSSR count). The largest absolute Gasteiger partial charge is 0.469 e. The van der Waals surface area contributed by atoms with E-state index in [9.17, 15) is 9.18 Å². The van der Waals surface area contributed by atoms with Gasteiger partial charge >= 0.3 is 5.97 Å². The van der Waals surface area contributed by atoms with Gasteiger partial charge in [0, 0.05) is 29.4 Å². The summed E-state index contributed by atoms with van der Waals surface area (Å²) >= 11 is 0. The van der Waals surface area contributed by atoms with Crippen LogP contribution in [0.4, 0.5) is 4.39 Å². The highest BCUT2D eigenvalue weighted by molar-refractivity contribution is 5.98. The van der Waals surface area contributed by atoms with Crippen LogP contribution in [0.3, 0.4) is 0 Å². The Labute approximate surface area is 176 Å². The molecule has 0 aliphatic carbocycles. The second kappa shape index (κ2) is 7.71. The van der Waals surface area contributed by atoms with Crippen molar-refractivity contribution < 1.29 is 13.9 Å². The number of carbonyl (C=O) groups excluding carboxylic acids is 1. The number of aliphatic imine (C=N–C) groups is 1. The summed E-state index contributed by atoms with van der Waals surface area (Å²) in [7, 11) is 1.42. The number of hydrogen-bond acceptors (Lipinski definition) is 3. The maximum Gasteiger partial charge on any atom is 0.305 e. The number of hydrogen-bond donors (Lipinski definition) is 0. The number of methoxy groups -OCH3 is 1. The SMILES string of the molecule is COC(=O)CCc1c(C(C)C)n(-c2ccc(F)c(C)c2)c2cc3c(c(C)c12)CN=C3. The minimum Gasteiger partial charge on any atom is -0.469 e. The molecule has 1 aliphatic heterocycles. The lowest BCUT2D eigenvalue weighted by Gasteiger charge is -2.16. The number of ether oxygens (including phenoxy) is 1. The topological polar surface area (TPSA) is 43.6 Å². The highest BCUT2D eigenvalue weighted by Crippen LogP contribution is 2.39. The van der Waals surface area contributed by atoms with Crippen LogP contribution < -0.4 is 0 Å². The Bertz CT molecular complexity index is 1190. The maximum atomic E-state index is 14.0. The number of carbonyl (C=O) groups is 1. The molecule has 2 heterocycles. The van der Waals surface area contributed by atoms with Crippen LogP contribution in [-0.4, -0.2) is 23.9 Å². The summed E-state index contributed by atoms with van der Waals surface area (Å²) in [5.74, 6) is -0.208. The Balaban J connectivity index is 2.07. The molecule has 0 fully saturated rings. The van der Waals surface area contributed by atoms with Gasteiger partial charge in [0.05, 0.1) is 19.2 Å². The molecular weight excluding hydrogens is 379 g/mol. The maximum absolute atomic E-state index is 14.0. The minimum atomic E-state index is -0.217. The van der Waals surface area contributed by atoms with Crippen LogP contribution in [0.15, 0.2) is 29.3 Å². The molecular formula is C25H27FN2O2. The second-order valence-electron chi connectivity index (χ2n) is 8.30. The van der Waals surface area contributed by atoms with Crippen LogP contribution in [-0.2, 0) is 22.5 Å². The van der Waals surface area contributed by atoms with Crippen LogP contribution in [0.5, 0.6) is 0 Å². The third kappa shape index (κ3) is 3.22. The summed E-state index contributed by atoms with van der Waals surface area (Å²) in [5, 5.41) is 1.17. The molecule has 5 heteroatoms. The number of rotatable bonds is 5. The Kier molecular flexibility index (Phi) is 5.22. The van der Waals surface area contributed by atoms with E-state index in [0.717, 1.165) is 22.5 Å². The number of nitrogens with zero attached hydrogens (tertiary/aromatic N) is 2. The van der Waals surface area contributed by atoms with Crippen molar-refractivity contribution in [2.75, 3.05) is 7.11 Å². The quantitative estimate of drug-likeness (QED) is 0.522. The van der Waals surface area contributed by atoms with Gasteiger partial charge < -0.3 is 9.30 Å². The Morgan fingerprint density at radius 1 is 1.27 bits per heavy atom. The van der Waals surface area contributed by atoms with Gasteiger partial charge in [0.15, 0.2) is 0 Å². The van der Waals surface area contributed by atoms with E-state index in [2.05, 4.69) is 36.4 Å². The first kappa shape index (κ1) is 20.3. The number of aromatic nitrogens is 1. The Morgan fingerprint density at radius 3 is 2.70 bits per heavy atom. The number of aryl methyl sites for hydroxylation is 3. The molecule has 4 nitrogen and oxygen atoms in total. The summed E-state index contributed by atoms with van der Waals surface area (Å²) in [4.78, 5) is 16.4. The van der Waals surface area contributed by atoms with Crippen LogP contribution in [0, 0.1) is 19.7 Å². The zero-order valence-corrected chi connectivity index (χ0v) is 18.2. The predicted molar refractivity (Wildman–Crippen MR) is 118 cm³/mol. The fraction of sp³-hybridized carbons (Fsp3) is 0.360. The van der Waals surface area contributed by atoms with Gasteiger partial charge in [-0.2, -0.15) is 0 Å². The molecule has 0 radical (unpaired) electrons. The number of esters is 1. The summed E-state index contributed by atoms with van der Waals surface area (Å²) in [6.45, 7) is 8.93. The van der Waals surface area contributed by atoms with E-state index in [-0.39, 0.29) is 17.7 Å². The monoisotopic (exact) mass is 406 g/mol. The van der Waals surface area contributed by atoms with Gasteiger partial charge in [-0.25, -0.2) is 4.39 Å². The molecule has 0 saturated carbocycles. The standard InChI is InChI=1S/C25H27FN2O2/c1-14(2)25-19(7-9-23(29)30-5)24-16(4)20-13-27-12-17(20)11-22(24)28(25)18-6-8-21(26)15(3)10-18/h6,8,10-12,14H,7,9,13H2,1-5H3. The van der Waals surface area contributed by atoms with Crippen molar-refractivity contribution >= 4 is 23.1 Å². The molecule has 0 atom stereocenters. The van der Waals surface area contributed by atoms with E-state index in [1.165, 1.54) is 35.3 Å². The van der Waals surface area contributed by atoms with E-state index < -0.39 is 0 Å². The first-order chi connectivity index (χ1) is 14.3. The Morgan fingerprint density at radius 2 is 2.03 bits per heavy atom. The zero-order valence-electron chi connectivity index (χ0n) is 18.2. The summed E-state index contributed by atoms with van der Waals surface area (Å²) in [6, 6.07) is 7.42. The molecule has 0 amide bonds. The molecule has 1 aliphatic rings. The molecule has 30 heavy (non-hydrogen) atoms. The van der Waals surface area contributed by atoms with Gasteiger partial charge in [-0.1, -0.05) is 13.8 Å². The lowest BCUT2D eigenvalue weighted by molar-refractivity contribution is -0.140. The molecule has 1 aromatic heterocycles. The van der Waals surface area contributed by atoms with Gasteiger partial charge in [-0.15, -0.1) is 0 Å². The Hall–Kier alpha value is -2.95. The number of halogens is 1. The number of fused-ring (bicyclic) bond motifs is 2. The van der Waals surface area contributed by atoms with Crippen LogP contribution in [0.1, 0.15) is 59.7 Å². The molecule has 0 unspecified atom stereocenters. The van der Waals surface area contributed by atoms with Gasteiger partial charge in [-0.05, 0) is 78.3 Å². The minimum absolute atomic E-state index is 0.212. The van der Waals surface area contributed by atoms with E-state index >= 15 is 0 Å². The summed E-state index contributed by atoms with van der Waals surface area (Å²) in [6.07, 6.45) is 2.85. The van der Waals surface area contributed by atoms with Crippen LogP contribution in [0.25, 0.3) is 16.6 Å². The van der Waals surface area contributed by atoms with E-state index in [4.69, 9.17) is 4.74 Å². The van der Waals surface area contributed by atoms with Gasteiger partial charge in [0.1, 0.15) is 5.82 Å². The van der Waals surface area contributed by atoms with E-state index in [0.29, 0.717) is 24.9 Å². The van der Waals surface area contributed by atoms with E-state index in [1.807, 2.05) is 18.3 Å². The van der Waals surface area contributed by atoms with Crippen LogP contribution >= 0.6 is 0 Å². The lowest BCUT2D eigenvalue weighted by atomic mass is 9.93. The average Bonchev–Trinajstić information content (AvgIpc) is 3.31. The highest BCUT2D eigenvalue weighted by Gasteiger charge is 2.25. The van der Waals surface area contributed by atoms with Crippen molar-refractivity contribution in [2.45, 2.75) is 53.0 Å². The molecule has 0 N–H and O–H groups in total. The van der Waals surface area contributed by atoms with Crippen molar-refractivity contribution in [3.05, 3.63) is 63.6 Å². The third-order valence-corrected chi connectivity index (χ3v) is 6.05. The van der Waals surface area contributed by atoms with Crippen molar-refractivity contribution in [3.63, 3.8) is 0 Å². The van der Waals surface area contributed by atoms with Crippen molar-refractivity contribution in [1.29, 1.82) is 0 Å². The van der Waals surface area contributed by atoms with Crippen molar-refractivity contribution in [3.8, 4) is 5.69 Å². The fourth-order valence-electron chi connectivity index (χ4n) is 4.61. The van der Waals surface area contributed by atoms with Crippen molar-refractivity contribution in [2.24, 2.45) is 4.99 Å². The first-order valence-electron chi connectivity index (χ1n) is 10.4. The molecule has 156 valence electrons. The molecule has 0 bridgehead atoms. The van der Waals surface area contributed by atoms with E-state index in [1.54, 1.807) is 6.92 Å². The third-order valence-electron chi connectivity index (χ3n) is 6.05. The normalized spacial score (nSPS) is 12.8. The highest BCUT2D eigenvalue weighted by atomic mass is 19.1. The first-order valence-corrected chi connectivity index (χ1v) is 10.4. The molecule has 0 spiro atoms. The van der Waals surface area contributed by atoms with Gasteiger partial charge in [-0.3, -0.25) is 9.79 Å². The zero-order chi connectivity index (χ0) is 21.6. The number of benzene rings is 2. The predicted octanol–water partition coefficient (Wildman–Crippen LogP) is 5.55. The average molecular weight is 407 g/mol. The smallest absolute Gasteiger partial charge is 0.305 e. The molecule has 2 aromatic carbocycles. The second-order valence-corrected chi connectivity index (χ2v) is 8.30. The fourth-order valence-corrected chi connectivity index (χ4v) is 4.61. The molecule has 3 aromatic rings. The van der Waals surface area contributed by atoms with Gasteiger partial charge in [0.25, 0.3) is 0 Å². The summed E-state index contributed by atoms with van der Waals surface area (Å²) < 4.78 is 21.1. The lowest BCUT2D eigenvalue weighted by Crippen LogP contribution is -2.07. The van der Waals surface area contributed by atoms with Crippen molar-refractivity contribution in [1.82, 2.24) is 4.57 Å².